The number of ether oxygens (including phenoxy) is 2. The number of aromatic nitrogens is 1. The van der Waals surface area contributed by atoms with E-state index in [0.29, 0.717) is 5.69 Å². The fourth-order valence-electron chi connectivity index (χ4n) is 2.90. The second-order valence-electron chi connectivity index (χ2n) is 6.73. The zero-order chi connectivity index (χ0) is 24.0. The molecule has 3 rings (SSSR count). The fraction of sp³-hybridized carbons (Fsp3) is 0.130. The molecule has 0 fully saturated rings. The lowest BCUT2D eigenvalue weighted by Gasteiger charge is -2.17. The molecule has 0 spiro atoms. The van der Waals surface area contributed by atoms with Gasteiger partial charge < -0.3 is 19.9 Å². The van der Waals surface area contributed by atoms with Crippen LogP contribution in [-0.4, -0.2) is 18.2 Å². The minimum Gasteiger partial charge on any atom is -0.867 e. The van der Waals surface area contributed by atoms with Gasteiger partial charge in [0.25, 0.3) is 0 Å². The molecule has 0 aliphatic carbocycles. The Labute approximate surface area is 192 Å². The minimum absolute atomic E-state index is 0.0269. The van der Waals surface area contributed by atoms with Crippen molar-refractivity contribution in [1.82, 2.24) is 0 Å². The van der Waals surface area contributed by atoms with Crippen LogP contribution in [0, 0.1) is 6.92 Å². The summed E-state index contributed by atoms with van der Waals surface area (Å²) >= 11 is 5.48. The van der Waals surface area contributed by atoms with Crippen molar-refractivity contribution in [2.24, 2.45) is 0 Å². The Kier molecular flexibility index (Phi) is 7.83. The maximum atomic E-state index is 13.3. The van der Waals surface area contributed by atoms with E-state index in [2.05, 4.69) is 14.8 Å². The molecule has 0 saturated heterocycles. The van der Waals surface area contributed by atoms with E-state index in [9.17, 15) is 22.7 Å². The molecule has 0 aliphatic heterocycles. The van der Waals surface area contributed by atoms with Gasteiger partial charge in [0.1, 0.15) is 11.5 Å². The predicted octanol–water partition coefficient (Wildman–Crippen LogP) is 4.61. The Hall–Kier alpha value is -3.66. The molecule has 0 aliphatic rings. The number of alkyl halides is 4. The van der Waals surface area contributed by atoms with Gasteiger partial charge in [-0.25, -0.2) is 0 Å². The van der Waals surface area contributed by atoms with Gasteiger partial charge in [-0.2, -0.15) is 22.1 Å². The van der Waals surface area contributed by atoms with Crippen LogP contribution in [0.5, 0.6) is 11.5 Å². The van der Waals surface area contributed by atoms with Gasteiger partial charge in [0, 0.05) is 17.3 Å². The summed E-state index contributed by atoms with van der Waals surface area (Å²) in [6.45, 7) is -4.09. The summed E-state index contributed by atoms with van der Waals surface area (Å²) in [5.41, 5.74) is 1.61. The van der Waals surface area contributed by atoms with Crippen LogP contribution in [0.1, 0.15) is 11.1 Å². The molecule has 0 amide bonds. The first-order valence-corrected chi connectivity index (χ1v) is 9.95. The predicted molar refractivity (Wildman–Crippen MR) is 117 cm³/mol. The largest absolute Gasteiger partial charge is 0.867 e. The van der Waals surface area contributed by atoms with Crippen LogP contribution in [-0.2, 0) is 0 Å². The van der Waals surface area contributed by atoms with Crippen LogP contribution < -0.4 is 24.5 Å². The van der Waals surface area contributed by atoms with Crippen molar-refractivity contribution in [3.8, 4) is 11.5 Å². The van der Waals surface area contributed by atoms with Crippen LogP contribution >= 0.6 is 12.2 Å². The van der Waals surface area contributed by atoms with Crippen molar-refractivity contribution in [2.45, 2.75) is 20.1 Å². The Bertz CT molecular complexity index is 1140. The van der Waals surface area contributed by atoms with Crippen molar-refractivity contribution in [3.05, 3.63) is 84.2 Å². The first kappa shape index (κ1) is 24.0. The maximum Gasteiger partial charge on any atom is 0.387 e. The number of nitrogens with zero attached hydrogens (tertiary/aromatic N) is 1. The first-order chi connectivity index (χ1) is 15.7. The van der Waals surface area contributed by atoms with E-state index in [4.69, 9.17) is 12.2 Å². The molecule has 172 valence electrons. The Morgan fingerprint density at radius 3 is 1.97 bits per heavy atom. The molecule has 0 bridgehead atoms. The highest BCUT2D eigenvalue weighted by Gasteiger charge is 2.19. The molecule has 10 heteroatoms. The van der Waals surface area contributed by atoms with E-state index in [1.165, 1.54) is 48.5 Å². The van der Waals surface area contributed by atoms with Gasteiger partial charge in [0.15, 0.2) is 17.4 Å². The number of anilines is 1. The molecule has 3 aromatic rings. The molecular formula is C23H18F4N2O3S. The van der Waals surface area contributed by atoms with Gasteiger partial charge in [0.05, 0.1) is 0 Å². The molecule has 1 aromatic heterocycles. The van der Waals surface area contributed by atoms with Crippen molar-refractivity contribution in [1.29, 1.82) is 0 Å². The number of nitrogens with one attached hydrogen (secondary N) is 1. The van der Waals surface area contributed by atoms with Gasteiger partial charge in [-0.3, -0.25) is 0 Å². The zero-order valence-corrected chi connectivity index (χ0v) is 18.0. The number of rotatable bonds is 8. The van der Waals surface area contributed by atoms with Gasteiger partial charge in [-0.05, 0) is 60.7 Å². The average molecular weight is 478 g/mol. The fourth-order valence-corrected chi connectivity index (χ4v) is 3.22. The molecule has 5 nitrogen and oxygen atoms in total. The molecule has 0 radical (unpaired) electrons. The van der Waals surface area contributed by atoms with Crippen LogP contribution in [0.25, 0.3) is 11.5 Å². The second-order valence-corrected chi connectivity index (χ2v) is 7.13. The SMILES string of the molecule is Cc1ccc[n+](C(C(=S)Nc2ccc(OC(F)F)cc2)=C([O-])c2ccc(OC(F)F)cc2)c1. The molecule has 2 aromatic carbocycles. The third-order valence-corrected chi connectivity index (χ3v) is 4.61. The topological polar surface area (TPSA) is 57.4 Å². The van der Waals surface area contributed by atoms with E-state index in [1.54, 1.807) is 23.0 Å². The lowest BCUT2D eigenvalue weighted by atomic mass is 10.1. The van der Waals surface area contributed by atoms with Crippen molar-refractivity contribution < 1.29 is 36.7 Å². The standard InChI is InChI=1S/C23H18F4N2O3S/c1-14-3-2-12-29(13-14)19(20(30)15-4-8-17(9-5-15)31-22(24)25)21(33)28-16-6-10-18(11-7-16)32-23(26)27/h2-13,22-23H,1H3,(H-,28,30,33). The quantitative estimate of drug-likeness (QED) is 0.169. The summed E-state index contributed by atoms with van der Waals surface area (Å²) in [4.78, 5) is 0.0611. The lowest BCUT2D eigenvalue weighted by Crippen LogP contribution is -2.40. The monoisotopic (exact) mass is 478 g/mol. The van der Waals surface area contributed by atoms with Gasteiger partial charge in [-0.15, -0.1) is 0 Å². The highest BCUT2D eigenvalue weighted by atomic mass is 32.1. The lowest BCUT2D eigenvalue weighted by molar-refractivity contribution is -0.578. The second kappa shape index (κ2) is 10.8. The van der Waals surface area contributed by atoms with Gasteiger partial charge in [0.2, 0.25) is 5.70 Å². The maximum absolute atomic E-state index is 13.3. The number of pyridine rings is 1. The van der Waals surface area contributed by atoms with E-state index < -0.39 is 19.0 Å². The highest BCUT2D eigenvalue weighted by Crippen LogP contribution is 2.22. The van der Waals surface area contributed by atoms with E-state index >= 15 is 0 Å². The van der Waals surface area contributed by atoms with Gasteiger partial charge >= 0.3 is 13.2 Å². The number of thiocarbonyl (C=S) groups is 1. The first-order valence-electron chi connectivity index (χ1n) is 9.54. The molecule has 1 heterocycles. The van der Waals surface area contributed by atoms with E-state index in [1.807, 2.05) is 13.0 Å². The van der Waals surface area contributed by atoms with Crippen LogP contribution in [0.3, 0.4) is 0 Å². The van der Waals surface area contributed by atoms with E-state index in [0.717, 1.165) is 5.56 Å². The van der Waals surface area contributed by atoms with Crippen molar-refractivity contribution in [3.63, 3.8) is 0 Å². The van der Waals surface area contributed by atoms with Crippen LogP contribution in [0.15, 0.2) is 73.1 Å². The molecule has 1 N–H and O–H groups in total. The van der Waals surface area contributed by atoms with Crippen LogP contribution in [0.2, 0.25) is 0 Å². The minimum atomic E-state index is -2.98. The number of hydrogen-bond donors (Lipinski definition) is 1. The van der Waals surface area contributed by atoms with Crippen LogP contribution in [0.4, 0.5) is 23.2 Å². The number of aryl methyl sites for hydroxylation is 1. The molecule has 0 saturated carbocycles. The Morgan fingerprint density at radius 1 is 0.909 bits per heavy atom. The molecule has 0 unspecified atom stereocenters. The molecule has 33 heavy (non-hydrogen) atoms. The Morgan fingerprint density at radius 2 is 1.45 bits per heavy atom. The molecule has 0 atom stereocenters. The number of hydrogen-bond acceptors (Lipinski definition) is 4. The normalized spacial score (nSPS) is 11.8. The summed E-state index contributed by atoms with van der Waals surface area (Å²) < 4.78 is 59.7. The summed E-state index contributed by atoms with van der Waals surface area (Å²) in [6, 6.07) is 14.4. The third kappa shape index (κ3) is 6.66. The summed E-state index contributed by atoms with van der Waals surface area (Å²) in [5, 5.41) is 16.2. The van der Waals surface area contributed by atoms with E-state index in [-0.39, 0.29) is 27.7 Å². The average Bonchev–Trinajstić information content (AvgIpc) is 2.75. The van der Waals surface area contributed by atoms with Crippen molar-refractivity contribution in [2.75, 3.05) is 5.32 Å². The summed E-state index contributed by atoms with van der Waals surface area (Å²) in [5.74, 6) is -0.580. The smallest absolute Gasteiger partial charge is 0.387 e. The van der Waals surface area contributed by atoms with Crippen molar-refractivity contribution >= 4 is 34.3 Å². The Balaban J connectivity index is 1.95. The molecular weight excluding hydrogens is 460 g/mol. The summed E-state index contributed by atoms with van der Waals surface area (Å²) in [7, 11) is 0. The number of halogens is 4. The third-order valence-electron chi connectivity index (χ3n) is 4.32. The van der Waals surface area contributed by atoms with Gasteiger partial charge in [-0.1, -0.05) is 24.4 Å². The highest BCUT2D eigenvalue weighted by molar-refractivity contribution is 7.81. The zero-order valence-electron chi connectivity index (χ0n) is 17.2. The number of benzene rings is 2. The summed E-state index contributed by atoms with van der Waals surface area (Å²) in [6.07, 6.45) is 3.34.